The van der Waals surface area contributed by atoms with E-state index in [9.17, 15) is 0 Å². The Kier molecular flexibility index (Phi) is 4.46. The van der Waals surface area contributed by atoms with Gasteiger partial charge in [-0.05, 0) is 47.6 Å². The zero-order chi connectivity index (χ0) is 9.68. The van der Waals surface area contributed by atoms with Gasteiger partial charge in [0.1, 0.15) is 0 Å². The van der Waals surface area contributed by atoms with E-state index >= 15 is 0 Å². The molecule has 0 radical (unpaired) electrons. The summed E-state index contributed by atoms with van der Waals surface area (Å²) in [4.78, 5) is 0. The van der Waals surface area contributed by atoms with Crippen molar-refractivity contribution in [2.45, 2.75) is 39.2 Å². The van der Waals surface area contributed by atoms with E-state index < -0.39 is 0 Å². The highest BCUT2D eigenvalue weighted by Crippen LogP contribution is 2.12. The predicted octanol–water partition coefficient (Wildman–Crippen LogP) is 3.05. The molecule has 1 nitrogen and oxygen atoms in total. The van der Waals surface area contributed by atoms with Gasteiger partial charge in [-0.25, -0.2) is 0 Å². The minimum absolute atomic E-state index is 0.344. The topological polar surface area (TPSA) is 26.0 Å². The van der Waals surface area contributed by atoms with Gasteiger partial charge < -0.3 is 5.73 Å². The molecule has 13 heavy (non-hydrogen) atoms. The smallest absolute Gasteiger partial charge is 0.00797 e. The van der Waals surface area contributed by atoms with Crippen molar-refractivity contribution in [1.29, 1.82) is 0 Å². The quantitative estimate of drug-likeness (QED) is 0.771. The molecule has 2 N–H and O–H groups in total. The summed E-state index contributed by atoms with van der Waals surface area (Å²) < 4.78 is 0. The molecule has 0 saturated carbocycles. The third-order valence-electron chi connectivity index (χ3n) is 2.19. The van der Waals surface area contributed by atoms with Gasteiger partial charge in [0.05, 0.1) is 0 Å². The molecule has 1 aromatic heterocycles. The maximum absolute atomic E-state index is 6.02. The molecule has 0 bridgehead atoms. The first-order valence-electron chi connectivity index (χ1n) is 4.95. The highest BCUT2D eigenvalue weighted by Gasteiger charge is 2.05. The number of nitrogens with two attached hydrogens (primary N) is 1. The van der Waals surface area contributed by atoms with Gasteiger partial charge in [-0.1, -0.05) is 13.8 Å². The lowest BCUT2D eigenvalue weighted by Gasteiger charge is -2.11. The highest BCUT2D eigenvalue weighted by atomic mass is 32.1. The lowest BCUT2D eigenvalue weighted by Crippen LogP contribution is -2.22. The van der Waals surface area contributed by atoms with Crippen LogP contribution in [0.2, 0.25) is 0 Å². The van der Waals surface area contributed by atoms with E-state index in [1.807, 2.05) is 0 Å². The van der Waals surface area contributed by atoms with E-state index in [4.69, 9.17) is 5.73 Å². The SMILES string of the molecule is CC(C)CCC(N)Cc1ccsc1. The van der Waals surface area contributed by atoms with E-state index in [1.165, 1.54) is 12.0 Å². The molecule has 0 saturated heterocycles. The van der Waals surface area contributed by atoms with E-state index in [1.54, 1.807) is 11.3 Å². The summed E-state index contributed by atoms with van der Waals surface area (Å²) in [7, 11) is 0. The van der Waals surface area contributed by atoms with Crippen LogP contribution in [0.15, 0.2) is 16.8 Å². The molecule has 1 atom stereocenters. The zero-order valence-corrected chi connectivity index (χ0v) is 9.31. The molecule has 74 valence electrons. The second-order valence-electron chi connectivity index (χ2n) is 4.07. The van der Waals surface area contributed by atoms with Gasteiger partial charge in [0, 0.05) is 6.04 Å². The van der Waals surface area contributed by atoms with E-state index in [-0.39, 0.29) is 0 Å². The third kappa shape index (κ3) is 4.44. The van der Waals surface area contributed by atoms with Crippen molar-refractivity contribution >= 4 is 11.3 Å². The molecule has 0 fully saturated rings. The van der Waals surface area contributed by atoms with Crippen molar-refractivity contribution in [3.8, 4) is 0 Å². The maximum atomic E-state index is 6.02. The molecule has 0 amide bonds. The number of thiophene rings is 1. The normalized spacial score (nSPS) is 13.5. The molecule has 1 aromatic rings. The van der Waals surface area contributed by atoms with Crippen LogP contribution in [0.4, 0.5) is 0 Å². The average Bonchev–Trinajstić information content (AvgIpc) is 2.53. The van der Waals surface area contributed by atoms with Crippen LogP contribution >= 0.6 is 11.3 Å². The van der Waals surface area contributed by atoms with Crippen molar-refractivity contribution in [2.24, 2.45) is 11.7 Å². The Morgan fingerprint density at radius 1 is 1.38 bits per heavy atom. The second-order valence-corrected chi connectivity index (χ2v) is 4.85. The summed E-state index contributed by atoms with van der Waals surface area (Å²) >= 11 is 1.75. The van der Waals surface area contributed by atoms with Crippen LogP contribution in [0.3, 0.4) is 0 Å². The van der Waals surface area contributed by atoms with Crippen LogP contribution < -0.4 is 5.73 Å². The molecule has 0 spiro atoms. The van der Waals surface area contributed by atoms with Gasteiger partial charge in [-0.15, -0.1) is 0 Å². The molecule has 1 unspecified atom stereocenters. The first-order chi connectivity index (χ1) is 6.18. The summed E-state index contributed by atoms with van der Waals surface area (Å²) in [6.45, 7) is 4.49. The van der Waals surface area contributed by atoms with Gasteiger partial charge in [0.25, 0.3) is 0 Å². The van der Waals surface area contributed by atoms with Gasteiger partial charge >= 0.3 is 0 Å². The monoisotopic (exact) mass is 197 g/mol. The second kappa shape index (κ2) is 5.40. The Morgan fingerprint density at radius 3 is 2.69 bits per heavy atom. The lowest BCUT2D eigenvalue weighted by atomic mass is 10.00. The zero-order valence-electron chi connectivity index (χ0n) is 8.49. The van der Waals surface area contributed by atoms with Gasteiger partial charge in [0.15, 0.2) is 0 Å². The van der Waals surface area contributed by atoms with Crippen LogP contribution in [0.1, 0.15) is 32.3 Å². The van der Waals surface area contributed by atoms with Crippen LogP contribution in [0.25, 0.3) is 0 Å². The van der Waals surface area contributed by atoms with E-state index in [0.717, 1.165) is 18.8 Å². The van der Waals surface area contributed by atoms with Crippen LogP contribution in [0.5, 0.6) is 0 Å². The molecule has 0 aromatic carbocycles. The summed E-state index contributed by atoms with van der Waals surface area (Å²) in [5.74, 6) is 0.772. The fourth-order valence-electron chi connectivity index (χ4n) is 1.36. The Hall–Kier alpha value is -0.340. The Bertz CT molecular complexity index is 216. The van der Waals surface area contributed by atoms with E-state index in [0.29, 0.717) is 6.04 Å². The van der Waals surface area contributed by atoms with Crippen LogP contribution in [0, 0.1) is 5.92 Å². The molecule has 1 rings (SSSR count). The summed E-state index contributed by atoms with van der Waals surface area (Å²) in [6, 6.07) is 2.51. The minimum Gasteiger partial charge on any atom is -0.327 e. The van der Waals surface area contributed by atoms with Gasteiger partial charge in [0.2, 0.25) is 0 Å². The standard InChI is InChI=1S/C11H19NS/c1-9(2)3-4-11(12)7-10-5-6-13-8-10/h5-6,8-9,11H,3-4,7,12H2,1-2H3. The molecule has 0 aliphatic rings. The molecule has 0 aliphatic carbocycles. The van der Waals surface area contributed by atoms with Crippen LogP contribution in [-0.2, 0) is 6.42 Å². The summed E-state index contributed by atoms with van der Waals surface area (Å²) in [5.41, 5.74) is 7.41. The van der Waals surface area contributed by atoms with Crippen LogP contribution in [-0.4, -0.2) is 6.04 Å². The first-order valence-corrected chi connectivity index (χ1v) is 5.89. The highest BCUT2D eigenvalue weighted by molar-refractivity contribution is 7.07. The molecule has 0 aliphatic heterocycles. The fraction of sp³-hybridized carbons (Fsp3) is 0.636. The molecular weight excluding hydrogens is 178 g/mol. The first kappa shape index (κ1) is 10.7. The average molecular weight is 197 g/mol. The van der Waals surface area contributed by atoms with E-state index in [2.05, 4.69) is 30.7 Å². The van der Waals surface area contributed by atoms with Crippen molar-refractivity contribution in [1.82, 2.24) is 0 Å². The molecule has 2 heteroatoms. The van der Waals surface area contributed by atoms with Gasteiger partial charge in [-0.2, -0.15) is 11.3 Å². The number of hydrogen-bond donors (Lipinski definition) is 1. The Balaban J connectivity index is 2.22. The fourth-order valence-corrected chi connectivity index (χ4v) is 2.04. The van der Waals surface area contributed by atoms with Crippen molar-refractivity contribution in [3.05, 3.63) is 22.4 Å². The molecule has 1 heterocycles. The van der Waals surface area contributed by atoms with Gasteiger partial charge in [-0.3, -0.25) is 0 Å². The third-order valence-corrected chi connectivity index (χ3v) is 2.92. The maximum Gasteiger partial charge on any atom is 0.00797 e. The summed E-state index contributed by atoms with van der Waals surface area (Å²) in [5, 5.41) is 4.31. The summed E-state index contributed by atoms with van der Waals surface area (Å²) in [6.07, 6.45) is 3.43. The lowest BCUT2D eigenvalue weighted by molar-refractivity contribution is 0.495. The number of hydrogen-bond acceptors (Lipinski definition) is 2. The number of rotatable bonds is 5. The predicted molar refractivity (Wildman–Crippen MR) is 60.1 cm³/mol. The van der Waals surface area contributed by atoms with Crippen molar-refractivity contribution in [3.63, 3.8) is 0 Å². The Labute approximate surface area is 85.0 Å². The van der Waals surface area contributed by atoms with Crippen molar-refractivity contribution < 1.29 is 0 Å². The minimum atomic E-state index is 0.344. The van der Waals surface area contributed by atoms with Crippen molar-refractivity contribution in [2.75, 3.05) is 0 Å². The Morgan fingerprint density at radius 2 is 2.15 bits per heavy atom. The largest absolute Gasteiger partial charge is 0.327 e. The molecular formula is C11H19NS.